The molecule has 0 aliphatic heterocycles. The van der Waals surface area contributed by atoms with Crippen molar-refractivity contribution in [3.8, 4) is 11.8 Å². The van der Waals surface area contributed by atoms with Gasteiger partial charge in [0.2, 0.25) is 0 Å². The van der Waals surface area contributed by atoms with Crippen LogP contribution in [-0.4, -0.2) is 15.9 Å². The second-order valence-electron chi connectivity index (χ2n) is 5.02. The van der Waals surface area contributed by atoms with E-state index in [1.807, 2.05) is 12.1 Å². The van der Waals surface area contributed by atoms with Crippen LogP contribution in [-0.2, 0) is 6.54 Å². The second-order valence-corrected chi connectivity index (χ2v) is 5.02. The molecule has 0 radical (unpaired) electrons. The van der Waals surface area contributed by atoms with Gasteiger partial charge in [-0.15, -0.1) is 0 Å². The van der Waals surface area contributed by atoms with Crippen LogP contribution in [0.2, 0.25) is 0 Å². The first kappa shape index (κ1) is 15.6. The molecule has 1 aromatic heterocycles. The number of amides is 1. The summed E-state index contributed by atoms with van der Waals surface area (Å²) in [5.74, 6) is 0.327. The van der Waals surface area contributed by atoms with Gasteiger partial charge in [0.05, 0.1) is 0 Å². The van der Waals surface area contributed by atoms with Gasteiger partial charge < -0.3 is 15.8 Å². The predicted octanol–water partition coefficient (Wildman–Crippen LogP) is 2.98. The summed E-state index contributed by atoms with van der Waals surface area (Å²) in [6, 6.07) is 16.2. The monoisotopic (exact) mass is 320 g/mol. The molecule has 24 heavy (non-hydrogen) atoms. The number of nitrogens with one attached hydrogen (secondary N) is 1. The van der Waals surface area contributed by atoms with Crippen molar-refractivity contribution >= 4 is 11.6 Å². The predicted molar refractivity (Wildman–Crippen MR) is 90.8 cm³/mol. The lowest BCUT2D eigenvalue weighted by atomic mass is 10.1. The fraction of sp³-hybridized carbons (Fsp3) is 0.0556. The zero-order valence-electron chi connectivity index (χ0n) is 12.8. The fourth-order valence-electron chi connectivity index (χ4n) is 2.12. The SMILES string of the molecule is NCc1cccc(C(=O)Nc2cccc(Oc3ncccn3)c2)c1. The summed E-state index contributed by atoms with van der Waals surface area (Å²) in [7, 11) is 0. The lowest BCUT2D eigenvalue weighted by molar-refractivity contribution is 0.102. The van der Waals surface area contributed by atoms with Gasteiger partial charge in [0, 0.05) is 36.3 Å². The third-order valence-corrected chi connectivity index (χ3v) is 3.27. The van der Waals surface area contributed by atoms with Gasteiger partial charge in [-0.25, -0.2) is 9.97 Å². The van der Waals surface area contributed by atoms with E-state index in [9.17, 15) is 4.79 Å². The van der Waals surface area contributed by atoms with Crippen molar-refractivity contribution in [2.45, 2.75) is 6.54 Å². The number of hydrogen-bond acceptors (Lipinski definition) is 5. The fourth-order valence-corrected chi connectivity index (χ4v) is 2.12. The lowest BCUT2D eigenvalue weighted by Gasteiger charge is -2.08. The van der Waals surface area contributed by atoms with Crippen LogP contribution in [0.4, 0.5) is 5.69 Å². The molecule has 0 atom stereocenters. The molecule has 6 nitrogen and oxygen atoms in total. The van der Waals surface area contributed by atoms with E-state index < -0.39 is 0 Å². The molecule has 3 N–H and O–H groups in total. The molecule has 2 aromatic carbocycles. The summed E-state index contributed by atoms with van der Waals surface area (Å²) in [5, 5.41) is 2.84. The number of nitrogens with zero attached hydrogens (tertiary/aromatic N) is 2. The van der Waals surface area contributed by atoms with Gasteiger partial charge in [-0.3, -0.25) is 4.79 Å². The molecule has 0 unspecified atom stereocenters. The van der Waals surface area contributed by atoms with Gasteiger partial charge in [0.25, 0.3) is 5.91 Å². The van der Waals surface area contributed by atoms with E-state index >= 15 is 0 Å². The summed E-state index contributed by atoms with van der Waals surface area (Å²) in [6.07, 6.45) is 3.19. The van der Waals surface area contributed by atoms with Crippen LogP contribution < -0.4 is 15.8 Å². The first-order valence-electron chi connectivity index (χ1n) is 7.40. The highest BCUT2D eigenvalue weighted by Gasteiger charge is 2.08. The van der Waals surface area contributed by atoms with Crippen LogP contribution in [0.3, 0.4) is 0 Å². The zero-order valence-corrected chi connectivity index (χ0v) is 12.8. The van der Waals surface area contributed by atoms with Crippen molar-refractivity contribution in [2.24, 2.45) is 5.73 Å². The van der Waals surface area contributed by atoms with Crippen LogP contribution in [0.1, 0.15) is 15.9 Å². The first-order chi connectivity index (χ1) is 11.7. The Labute approximate surface area is 139 Å². The minimum absolute atomic E-state index is 0.210. The van der Waals surface area contributed by atoms with Crippen molar-refractivity contribution in [1.82, 2.24) is 9.97 Å². The molecule has 0 bridgehead atoms. The summed E-state index contributed by atoms with van der Waals surface area (Å²) in [4.78, 5) is 20.3. The number of benzene rings is 2. The summed E-state index contributed by atoms with van der Waals surface area (Å²) in [5.41, 5.74) is 7.68. The topological polar surface area (TPSA) is 90.1 Å². The van der Waals surface area contributed by atoms with Crippen molar-refractivity contribution in [1.29, 1.82) is 0 Å². The summed E-state index contributed by atoms with van der Waals surface area (Å²) < 4.78 is 5.55. The normalized spacial score (nSPS) is 10.2. The van der Waals surface area contributed by atoms with Crippen molar-refractivity contribution in [3.05, 3.63) is 78.1 Å². The molecule has 120 valence electrons. The third kappa shape index (κ3) is 3.93. The van der Waals surface area contributed by atoms with Gasteiger partial charge in [-0.2, -0.15) is 0 Å². The van der Waals surface area contributed by atoms with E-state index in [2.05, 4.69) is 15.3 Å². The Morgan fingerprint density at radius 2 is 1.83 bits per heavy atom. The molecule has 1 amide bonds. The van der Waals surface area contributed by atoms with Crippen LogP contribution in [0.15, 0.2) is 67.0 Å². The minimum Gasteiger partial charge on any atom is -0.424 e. The quantitative estimate of drug-likeness (QED) is 0.754. The third-order valence-electron chi connectivity index (χ3n) is 3.27. The van der Waals surface area contributed by atoms with Gasteiger partial charge in [-0.1, -0.05) is 18.2 Å². The smallest absolute Gasteiger partial charge is 0.321 e. The summed E-state index contributed by atoms with van der Waals surface area (Å²) >= 11 is 0. The van der Waals surface area contributed by atoms with Crippen molar-refractivity contribution in [3.63, 3.8) is 0 Å². The van der Waals surface area contributed by atoms with Crippen molar-refractivity contribution in [2.75, 3.05) is 5.32 Å². The van der Waals surface area contributed by atoms with E-state index in [4.69, 9.17) is 10.5 Å². The number of nitrogens with two attached hydrogens (primary N) is 1. The highest BCUT2D eigenvalue weighted by Crippen LogP contribution is 2.21. The molecule has 0 saturated heterocycles. The van der Waals surface area contributed by atoms with Gasteiger partial charge >= 0.3 is 6.01 Å². The lowest BCUT2D eigenvalue weighted by Crippen LogP contribution is -2.12. The Morgan fingerprint density at radius 1 is 1.04 bits per heavy atom. The number of carbonyl (C=O) groups excluding carboxylic acids is 1. The molecular formula is C18H16N4O2. The molecule has 3 rings (SSSR count). The average molecular weight is 320 g/mol. The Balaban J connectivity index is 1.73. The largest absolute Gasteiger partial charge is 0.424 e. The Kier molecular flexibility index (Phi) is 4.78. The molecule has 0 aliphatic carbocycles. The molecule has 0 aliphatic rings. The standard InChI is InChI=1S/C18H16N4O2/c19-12-13-4-1-5-14(10-13)17(23)22-15-6-2-7-16(11-15)24-18-20-8-3-9-21-18/h1-11H,12,19H2,(H,22,23). The molecule has 0 spiro atoms. The molecule has 0 saturated carbocycles. The van der Waals surface area contributed by atoms with E-state index in [0.29, 0.717) is 23.5 Å². The first-order valence-corrected chi connectivity index (χ1v) is 7.40. The average Bonchev–Trinajstić information content (AvgIpc) is 2.63. The molecule has 0 fully saturated rings. The maximum absolute atomic E-state index is 12.3. The van der Waals surface area contributed by atoms with Gasteiger partial charge in [0.1, 0.15) is 5.75 Å². The Hall–Kier alpha value is -3.25. The van der Waals surface area contributed by atoms with E-state index in [-0.39, 0.29) is 11.9 Å². The maximum Gasteiger partial charge on any atom is 0.321 e. The Morgan fingerprint density at radius 3 is 2.62 bits per heavy atom. The van der Waals surface area contributed by atoms with Crippen LogP contribution in [0.5, 0.6) is 11.8 Å². The number of ether oxygens (including phenoxy) is 1. The number of anilines is 1. The molecule has 6 heteroatoms. The van der Waals surface area contributed by atoms with Crippen LogP contribution in [0.25, 0.3) is 0 Å². The van der Waals surface area contributed by atoms with E-state index in [1.54, 1.807) is 54.9 Å². The number of carbonyl (C=O) groups is 1. The van der Waals surface area contributed by atoms with E-state index in [0.717, 1.165) is 5.56 Å². The highest BCUT2D eigenvalue weighted by atomic mass is 16.5. The van der Waals surface area contributed by atoms with Gasteiger partial charge in [0.15, 0.2) is 0 Å². The van der Waals surface area contributed by atoms with E-state index in [1.165, 1.54) is 0 Å². The molecule has 3 aromatic rings. The second kappa shape index (κ2) is 7.34. The summed E-state index contributed by atoms with van der Waals surface area (Å²) in [6.45, 7) is 0.390. The Bertz CT molecular complexity index is 837. The van der Waals surface area contributed by atoms with Gasteiger partial charge in [-0.05, 0) is 35.9 Å². The highest BCUT2D eigenvalue weighted by molar-refractivity contribution is 6.04. The van der Waals surface area contributed by atoms with Crippen LogP contribution in [0, 0.1) is 0 Å². The van der Waals surface area contributed by atoms with Crippen molar-refractivity contribution < 1.29 is 9.53 Å². The number of hydrogen-bond donors (Lipinski definition) is 2. The minimum atomic E-state index is -0.210. The maximum atomic E-state index is 12.3. The molecule has 1 heterocycles. The van der Waals surface area contributed by atoms with Crippen LogP contribution >= 0.6 is 0 Å². The number of rotatable bonds is 5. The number of aromatic nitrogens is 2. The molecular weight excluding hydrogens is 304 g/mol. The zero-order chi connectivity index (χ0) is 16.8.